The van der Waals surface area contributed by atoms with Crippen molar-refractivity contribution < 1.29 is 14.3 Å². The van der Waals surface area contributed by atoms with Crippen molar-refractivity contribution in [3.8, 4) is 0 Å². The zero-order chi connectivity index (χ0) is 17.1. The van der Waals surface area contributed by atoms with Crippen LogP contribution in [0.25, 0.3) is 0 Å². The summed E-state index contributed by atoms with van der Waals surface area (Å²) in [7, 11) is 0. The van der Waals surface area contributed by atoms with E-state index in [0.717, 1.165) is 19.3 Å². The molecule has 1 amide bonds. The van der Waals surface area contributed by atoms with E-state index in [-0.39, 0.29) is 45.1 Å². The van der Waals surface area contributed by atoms with Crippen molar-refractivity contribution in [2.24, 2.45) is 0 Å². The number of nitrogens with zero attached hydrogens (tertiary/aromatic N) is 2. The summed E-state index contributed by atoms with van der Waals surface area (Å²) in [6.45, 7) is 2.24. The molecule has 1 aromatic heterocycles. The highest BCUT2D eigenvalue weighted by Gasteiger charge is 2.26. The summed E-state index contributed by atoms with van der Waals surface area (Å²) in [6.07, 6.45) is 2.98. The first-order valence-electron chi connectivity index (χ1n) is 7.09. The molecule has 1 unspecified atom stereocenters. The van der Waals surface area contributed by atoms with E-state index in [9.17, 15) is 9.59 Å². The van der Waals surface area contributed by atoms with Crippen LogP contribution in [0.3, 0.4) is 0 Å². The zero-order valence-corrected chi connectivity index (χ0v) is 14.7. The van der Waals surface area contributed by atoms with Crippen molar-refractivity contribution in [1.82, 2.24) is 9.88 Å². The summed E-state index contributed by atoms with van der Waals surface area (Å²) in [6, 6.07) is 0.136. The molecule has 0 radical (unpaired) electrons. The maximum atomic E-state index is 12.1. The Kier molecular flexibility index (Phi) is 5.95. The molecule has 6 nitrogen and oxygen atoms in total. The fraction of sp³-hybridized carbons (Fsp3) is 0.500. The van der Waals surface area contributed by atoms with Crippen LogP contribution in [0, 0.1) is 0 Å². The number of anilines is 1. The molecule has 0 bridgehead atoms. The number of ether oxygens (including phenoxy) is 1. The van der Waals surface area contributed by atoms with Crippen molar-refractivity contribution in [3.05, 3.63) is 20.9 Å². The molecule has 1 aliphatic heterocycles. The third-order valence-corrected chi connectivity index (χ3v) is 4.85. The Morgan fingerprint density at radius 2 is 2.00 bits per heavy atom. The number of nitrogens with two attached hydrogens (primary N) is 1. The minimum Gasteiger partial charge on any atom is -0.451 e. The molecule has 9 heteroatoms. The first-order chi connectivity index (χ1) is 10.8. The van der Waals surface area contributed by atoms with Gasteiger partial charge < -0.3 is 15.4 Å². The molecule has 1 aromatic rings. The molecule has 0 saturated carbocycles. The van der Waals surface area contributed by atoms with Crippen molar-refractivity contribution in [3.63, 3.8) is 0 Å². The average molecular weight is 381 g/mol. The van der Waals surface area contributed by atoms with Gasteiger partial charge in [0.1, 0.15) is 5.02 Å². The highest BCUT2D eigenvalue weighted by molar-refractivity contribution is 6.46. The number of piperidine rings is 1. The van der Waals surface area contributed by atoms with E-state index in [0.29, 0.717) is 6.54 Å². The SMILES string of the molecule is CC1CCCCN1C(=O)COC(=O)c1nc(Cl)c(Cl)c(N)c1Cl. The standard InChI is InChI=1S/C14H16Cl3N3O3/c1-7-4-2-3-5-20(7)8(21)6-23-14(22)12-9(15)11(18)10(16)13(17)19-12/h7H,2-6H2,1H3,(H2,18,19). The van der Waals surface area contributed by atoms with Gasteiger partial charge in [-0.2, -0.15) is 0 Å². The Labute approximate surface area is 148 Å². The minimum absolute atomic E-state index is 0.0357. The summed E-state index contributed by atoms with van der Waals surface area (Å²) >= 11 is 17.5. The van der Waals surface area contributed by atoms with Gasteiger partial charge in [-0.15, -0.1) is 0 Å². The lowest BCUT2D eigenvalue weighted by molar-refractivity contribution is -0.137. The van der Waals surface area contributed by atoms with E-state index in [2.05, 4.69) is 4.98 Å². The van der Waals surface area contributed by atoms with E-state index < -0.39 is 5.97 Å². The molecular weight excluding hydrogens is 365 g/mol. The Hall–Kier alpha value is -1.24. The number of rotatable bonds is 3. The number of nitrogen functional groups attached to an aromatic ring is 1. The molecule has 0 aromatic carbocycles. The highest BCUT2D eigenvalue weighted by atomic mass is 35.5. The fourth-order valence-electron chi connectivity index (χ4n) is 2.41. The number of esters is 1. The van der Waals surface area contributed by atoms with Crippen LogP contribution in [0.15, 0.2) is 0 Å². The largest absolute Gasteiger partial charge is 0.451 e. The van der Waals surface area contributed by atoms with Gasteiger partial charge in [0, 0.05) is 12.6 Å². The van der Waals surface area contributed by atoms with Crippen LogP contribution in [0.1, 0.15) is 36.7 Å². The molecule has 1 atom stereocenters. The number of likely N-dealkylation sites (tertiary alicyclic amines) is 1. The molecule has 23 heavy (non-hydrogen) atoms. The van der Waals surface area contributed by atoms with Gasteiger partial charge >= 0.3 is 5.97 Å². The monoisotopic (exact) mass is 379 g/mol. The molecular formula is C14H16Cl3N3O3. The predicted octanol–water partition coefficient (Wildman–Crippen LogP) is 3.18. The van der Waals surface area contributed by atoms with E-state index in [1.54, 1.807) is 4.90 Å². The van der Waals surface area contributed by atoms with Gasteiger partial charge in [-0.25, -0.2) is 9.78 Å². The van der Waals surface area contributed by atoms with Gasteiger partial charge in [0.05, 0.1) is 10.7 Å². The van der Waals surface area contributed by atoms with Gasteiger partial charge in [-0.05, 0) is 26.2 Å². The summed E-state index contributed by atoms with van der Waals surface area (Å²) < 4.78 is 4.99. The number of carbonyl (C=O) groups is 2. The fourth-order valence-corrected chi connectivity index (χ4v) is 3.00. The van der Waals surface area contributed by atoms with Crippen LogP contribution in [0.4, 0.5) is 5.69 Å². The summed E-state index contributed by atoms with van der Waals surface area (Å²) in [4.78, 5) is 29.7. The Morgan fingerprint density at radius 1 is 1.30 bits per heavy atom. The number of hydrogen-bond donors (Lipinski definition) is 1. The number of aromatic nitrogens is 1. The van der Waals surface area contributed by atoms with Crippen LogP contribution < -0.4 is 5.73 Å². The molecule has 0 aliphatic carbocycles. The van der Waals surface area contributed by atoms with Crippen LogP contribution in [-0.2, 0) is 9.53 Å². The lowest BCUT2D eigenvalue weighted by Crippen LogP contribution is -2.44. The predicted molar refractivity (Wildman–Crippen MR) is 89.0 cm³/mol. The van der Waals surface area contributed by atoms with Crippen molar-refractivity contribution in [1.29, 1.82) is 0 Å². The first-order valence-corrected chi connectivity index (χ1v) is 8.22. The lowest BCUT2D eigenvalue weighted by atomic mass is 10.0. The second-order valence-corrected chi connectivity index (χ2v) is 6.41. The smallest absolute Gasteiger partial charge is 0.359 e. The Balaban J connectivity index is 2.04. The second-order valence-electron chi connectivity index (χ2n) is 5.30. The minimum atomic E-state index is -0.877. The molecule has 1 saturated heterocycles. The molecule has 0 spiro atoms. The van der Waals surface area contributed by atoms with Gasteiger partial charge in [0.2, 0.25) is 0 Å². The van der Waals surface area contributed by atoms with E-state index in [4.69, 9.17) is 45.3 Å². The summed E-state index contributed by atoms with van der Waals surface area (Å²) in [5, 5.41) is -0.342. The topological polar surface area (TPSA) is 85.5 Å². The van der Waals surface area contributed by atoms with E-state index in [1.165, 1.54) is 0 Å². The van der Waals surface area contributed by atoms with Crippen molar-refractivity contribution in [2.45, 2.75) is 32.2 Å². The molecule has 2 heterocycles. The Morgan fingerprint density at radius 3 is 2.65 bits per heavy atom. The van der Waals surface area contributed by atoms with Gasteiger partial charge in [0.15, 0.2) is 17.5 Å². The second kappa shape index (κ2) is 7.55. The number of pyridine rings is 1. The zero-order valence-electron chi connectivity index (χ0n) is 12.4. The van der Waals surface area contributed by atoms with Crippen LogP contribution in [0.2, 0.25) is 15.2 Å². The maximum absolute atomic E-state index is 12.1. The molecule has 1 aliphatic rings. The van der Waals surface area contributed by atoms with Gasteiger partial charge in [-0.1, -0.05) is 34.8 Å². The van der Waals surface area contributed by atoms with E-state index >= 15 is 0 Å². The number of carbonyl (C=O) groups excluding carboxylic acids is 2. The van der Waals surface area contributed by atoms with Crippen LogP contribution in [-0.4, -0.2) is 41.0 Å². The summed E-state index contributed by atoms with van der Waals surface area (Å²) in [5.41, 5.74) is 5.32. The molecule has 2 rings (SSSR count). The van der Waals surface area contributed by atoms with Gasteiger partial charge in [-0.3, -0.25) is 4.79 Å². The normalized spacial score (nSPS) is 17.9. The summed E-state index contributed by atoms with van der Waals surface area (Å²) in [5.74, 6) is -1.13. The first kappa shape index (κ1) is 18.1. The van der Waals surface area contributed by atoms with Crippen molar-refractivity contribution >= 4 is 52.4 Å². The van der Waals surface area contributed by atoms with Crippen LogP contribution in [0.5, 0.6) is 0 Å². The van der Waals surface area contributed by atoms with Crippen molar-refractivity contribution in [2.75, 3.05) is 18.9 Å². The maximum Gasteiger partial charge on any atom is 0.359 e. The van der Waals surface area contributed by atoms with Gasteiger partial charge in [0.25, 0.3) is 5.91 Å². The third kappa shape index (κ3) is 4.00. The quantitative estimate of drug-likeness (QED) is 0.643. The lowest BCUT2D eigenvalue weighted by Gasteiger charge is -2.33. The number of hydrogen-bond acceptors (Lipinski definition) is 5. The number of halogens is 3. The Bertz CT molecular complexity index is 639. The molecule has 126 valence electrons. The number of amides is 1. The highest BCUT2D eigenvalue weighted by Crippen LogP contribution is 2.34. The average Bonchev–Trinajstić information content (AvgIpc) is 2.54. The van der Waals surface area contributed by atoms with E-state index in [1.807, 2.05) is 6.92 Å². The molecule has 2 N–H and O–H groups in total. The van der Waals surface area contributed by atoms with Crippen LogP contribution >= 0.6 is 34.8 Å². The third-order valence-electron chi connectivity index (χ3n) is 3.72. The molecule has 1 fully saturated rings.